The van der Waals surface area contributed by atoms with Crippen LogP contribution in [0.25, 0.3) is 0 Å². The number of ketones is 1. The van der Waals surface area contributed by atoms with Gasteiger partial charge in [0, 0.05) is 13.2 Å². The first kappa shape index (κ1) is 13.8. The second-order valence-corrected chi connectivity index (χ2v) is 5.10. The van der Waals surface area contributed by atoms with E-state index in [2.05, 4.69) is 0 Å². The molecule has 1 aromatic heterocycles. The minimum Gasteiger partial charge on any atom is -0.455 e. The van der Waals surface area contributed by atoms with Gasteiger partial charge < -0.3 is 14.4 Å². The van der Waals surface area contributed by atoms with Gasteiger partial charge in [0.05, 0.1) is 5.69 Å². The summed E-state index contributed by atoms with van der Waals surface area (Å²) < 4.78 is 6.65. The lowest BCUT2D eigenvalue weighted by atomic mass is 9.85. The molecule has 0 bridgehead atoms. The van der Waals surface area contributed by atoms with Gasteiger partial charge in [-0.05, 0) is 37.8 Å². The van der Waals surface area contributed by atoms with Crippen LogP contribution in [0.15, 0.2) is 18.3 Å². The largest absolute Gasteiger partial charge is 0.455 e. The highest BCUT2D eigenvalue weighted by atomic mass is 16.6. The molecule has 5 heteroatoms. The van der Waals surface area contributed by atoms with Crippen LogP contribution >= 0.6 is 0 Å². The Balaban J connectivity index is 1.90. The lowest BCUT2D eigenvalue weighted by molar-refractivity contribution is -0.167. The first-order chi connectivity index (χ1) is 9.03. The van der Waals surface area contributed by atoms with Crippen molar-refractivity contribution in [3.8, 4) is 0 Å². The van der Waals surface area contributed by atoms with E-state index in [-0.39, 0.29) is 12.4 Å². The van der Waals surface area contributed by atoms with Crippen LogP contribution in [0.3, 0.4) is 0 Å². The van der Waals surface area contributed by atoms with Crippen molar-refractivity contribution in [3.05, 3.63) is 24.0 Å². The van der Waals surface area contributed by atoms with Gasteiger partial charge in [-0.3, -0.25) is 4.79 Å². The van der Waals surface area contributed by atoms with Crippen LogP contribution in [0.4, 0.5) is 0 Å². The fourth-order valence-corrected chi connectivity index (χ4v) is 2.43. The van der Waals surface area contributed by atoms with Crippen molar-refractivity contribution in [1.29, 1.82) is 0 Å². The van der Waals surface area contributed by atoms with Crippen LogP contribution in [0, 0.1) is 0 Å². The highest BCUT2D eigenvalue weighted by Gasteiger charge is 2.38. The number of esters is 1. The Morgan fingerprint density at radius 3 is 2.63 bits per heavy atom. The van der Waals surface area contributed by atoms with E-state index in [4.69, 9.17) is 4.74 Å². The SMILES string of the molecule is Cn1cccc1C(=O)COC(=O)C1(O)CCCCC1. The number of aryl methyl sites for hydroxylation is 1. The van der Waals surface area contributed by atoms with Crippen LogP contribution in [-0.2, 0) is 16.6 Å². The van der Waals surface area contributed by atoms with Gasteiger partial charge in [-0.2, -0.15) is 0 Å². The molecule has 0 atom stereocenters. The third-order valence-corrected chi connectivity index (χ3v) is 3.62. The smallest absolute Gasteiger partial charge is 0.338 e. The van der Waals surface area contributed by atoms with Crippen molar-refractivity contribution in [1.82, 2.24) is 4.57 Å². The fourth-order valence-electron chi connectivity index (χ4n) is 2.43. The minimum absolute atomic E-state index is 0.264. The zero-order chi connectivity index (χ0) is 13.9. The maximum atomic E-state index is 11.8. The number of carbonyl (C=O) groups excluding carboxylic acids is 2. The predicted molar refractivity (Wildman–Crippen MR) is 68.7 cm³/mol. The molecule has 1 heterocycles. The molecule has 0 spiro atoms. The van der Waals surface area contributed by atoms with Gasteiger partial charge in [0.25, 0.3) is 0 Å². The predicted octanol–water partition coefficient (Wildman–Crippen LogP) is 1.45. The molecule has 0 unspecified atom stereocenters. The Hall–Kier alpha value is -1.62. The first-order valence-electron chi connectivity index (χ1n) is 6.57. The first-order valence-corrected chi connectivity index (χ1v) is 6.57. The summed E-state index contributed by atoms with van der Waals surface area (Å²) in [5.74, 6) is -0.935. The standard InChI is InChI=1S/C14H19NO4/c1-15-9-5-6-11(15)12(16)10-19-13(17)14(18)7-3-2-4-8-14/h5-6,9,18H,2-4,7-8,10H2,1H3. The molecule has 2 rings (SSSR count). The zero-order valence-corrected chi connectivity index (χ0v) is 11.1. The molecule has 1 aliphatic rings. The minimum atomic E-state index is -1.40. The van der Waals surface area contributed by atoms with E-state index in [1.807, 2.05) is 0 Å². The van der Waals surface area contributed by atoms with Crippen LogP contribution in [-0.4, -0.2) is 33.6 Å². The van der Waals surface area contributed by atoms with Gasteiger partial charge in [-0.1, -0.05) is 6.42 Å². The molecular formula is C14H19NO4. The normalized spacial score (nSPS) is 18.0. The Bertz CT molecular complexity index is 472. The second kappa shape index (κ2) is 5.57. The quantitative estimate of drug-likeness (QED) is 0.661. The molecule has 0 aromatic carbocycles. The summed E-state index contributed by atoms with van der Waals surface area (Å²) in [6.07, 6.45) is 5.25. The number of aliphatic hydroxyl groups is 1. The number of aromatic nitrogens is 1. The molecule has 104 valence electrons. The monoisotopic (exact) mass is 265 g/mol. The van der Waals surface area contributed by atoms with Gasteiger partial charge in [0.1, 0.15) is 0 Å². The molecule has 0 radical (unpaired) electrons. The molecule has 5 nitrogen and oxygen atoms in total. The molecule has 1 aliphatic carbocycles. The van der Waals surface area contributed by atoms with E-state index in [1.165, 1.54) is 0 Å². The third-order valence-electron chi connectivity index (χ3n) is 3.62. The number of ether oxygens (including phenoxy) is 1. The highest BCUT2D eigenvalue weighted by molar-refractivity contribution is 5.97. The zero-order valence-electron chi connectivity index (χ0n) is 11.1. The second-order valence-electron chi connectivity index (χ2n) is 5.10. The summed E-state index contributed by atoms with van der Waals surface area (Å²) in [7, 11) is 1.75. The van der Waals surface area contributed by atoms with Gasteiger partial charge in [0.2, 0.25) is 5.78 Å². The topological polar surface area (TPSA) is 68.5 Å². The summed E-state index contributed by atoms with van der Waals surface area (Å²) in [5.41, 5.74) is -0.907. The Kier molecular flexibility index (Phi) is 4.04. The summed E-state index contributed by atoms with van der Waals surface area (Å²) >= 11 is 0. The highest BCUT2D eigenvalue weighted by Crippen LogP contribution is 2.29. The molecule has 1 N–H and O–H groups in total. The lowest BCUT2D eigenvalue weighted by Crippen LogP contribution is -2.42. The summed E-state index contributed by atoms with van der Waals surface area (Å²) in [6.45, 7) is -0.320. The molecule has 0 aliphatic heterocycles. The molecule has 1 saturated carbocycles. The van der Waals surface area contributed by atoms with Crippen molar-refractivity contribution in [2.45, 2.75) is 37.7 Å². The number of Topliss-reactive ketones (excluding diaryl/α,β-unsaturated/α-hetero) is 1. The van der Waals surface area contributed by atoms with Crippen LogP contribution in [0.2, 0.25) is 0 Å². The Morgan fingerprint density at radius 1 is 1.37 bits per heavy atom. The average molecular weight is 265 g/mol. The van der Waals surface area contributed by atoms with Gasteiger partial charge >= 0.3 is 5.97 Å². The van der Waals surface area contributed by atoms with E-state index in [9.17, 15) is 14.7 Å². The Morgan fingerprint density at radius 2 is 2.05 bits per heavy atom. The van der Waals surface area contributed by atoms with Crippen LogP contribution < -0.4 is 0 Å². The maximum Gasteiger partial charge on any atom is 0.338 e. The summed E-state index contributed by atoms with van der Waals surface area (Å²) in [6, 6.07) is 3.43. The number of hydrogen-bond acceptors (Lipinski definition) is 4. The van der Waals surface area contributed by atoms with E-state index in [0.717, 1.165) is 19.3 Å². The van der Waals surface area contributed by atoms with Crippen molar-refractivity contribution < 1.29 is 19.4 Å². The van der Waals surface area contributed by atoms with E-state index >= 15 is 0 Å². The van der Waals surface area contributed by atoms with Gasteiger partial charge in [0.15, 0.2) is 12.2 Å². The Labute approximate surface area is 112 Å². The van der Waals surface area contributed by atoms with Gasteiger partial charge in [-0.25, -0.2) is 4.79 Å². The third kappa shape index (κ3) is 3.04. The van der Waals surface area contributed by atoms with E-state index in [1.54, 1.807) is 29.9 Å². The van der Waals surface area contributed by atoms with Crippen LogP contribution in [0.5, 0.6) is 0 Å². The number of carbonyl (C=O) groups is 2. The lowest BCUT2D eigenvalue weighted by Gasteiger charge is -2.29. The summed E-state index contributed by atoms with van der Waals surface area (Å²) in [4.78, 5) is 23.7. The van der Waals surface area contributed by atoms with Crippen molar-refractivity contribution in [2.24, 2.45) is 7.05 Å². The molecule has 1 aromatic rings. The number of hydrogen-bond donors (Lipinski definition) is 1. The van der Waals surface area contributed by atoms with Gasteiger partial charge in [-0.15, -0.1) is 0 Å². The van der Waals surface area contributed by atoms with Crippen molar-refractivity contribution >= 4 is 11.8 Å². The fraction of sp³-hybridized carbons (Fsp3) is 0.571. The summed E-state index contributed by atoms with van der Waals surface area (Å²) in [5, 5.41) is 10.1. The number of rotatable bonds is 4. The van der Waals surface area contributed by atoms with E-state index in [0.29, 0.717) is 18.5 Å². The molecular weight excluding hydrogens is 246 g/mol. The van der Waals surface area contributed by atoms with E-state index < -0.39 is 11.6 Å². The van der Waals surface area contributed by atoms with Crippen molar-refractivity contribution in [3.63, 3.8) is 0 Å². The molecule has 19 heavy (non-hydrogen) atoms. The molecule has 0 saturated heterocycles. The molecule has 0 amide bonds. The maximum absolute atomic E-state index is 11.8. The number of nitrogens with zero attached hydrogens (tertiary/aromatic N) is 1. The average Bonchev–Trinajstić information content (AvgIpc) is 2.82. The van der Waals surface area contributed by atoms with Crippen molar-refractivity contribution in [2.75, 3.05) is 6.61 Å². The van der Waals surface area contributed by atoms with Crippen LogP contribution in [0.1, 0.15) is 42.6 Å². The molecule has 1 fully saturated rings.